The highest BCUT2D eigenvalue weighted by atomic mass is 16.5. The number of aliphatic hydroxyl groups excluding tert-OH is 1. The zero-order valence-corrected chi connectivity index (χ0v) is 11.8. The molecule has 1 N–H and O–H groups in total. The van der Waals surface area contributed by atoms with E-state index in [2.05, 4.69) is 29.2 Å². The van der Waals surface area contributed by atoms with Crippen molar-refractivity contribution in [3.05, 3.63) is 35.9 Å². The Balaban J connectivity index is 1.70. The van der Waals surface area contributed by atoms with Crippen molar-refractivity contribution in [2.45, 2.75) is 31.1 Å². The Labute approximate surface area is 120 Å². The number of hydrogen-bond donors (Lipinski definition) is 1. The lowest BCUT2D eigenvalue weighted by molar-refractivity contribution is -0.198. The fraction of sp³-hybridized carbons (Fsp3) is 0.625. The van der Waals surface area contributed by atoms with Crippen LogP contribution in [0, 0.1) is 0 Å². The molecule has 0 aliphatic carbocycles. The zero-order valence-electron chi connectivity index (χ0n) is 11.8. The van der Waals surface area contributed by atoms with Gasteiger partial charge in [0.25, 0.3) is 0 Å². The molecule has 0 bridgehead atoms. The number of hydrogen-bond acceptors (Lipinski definition) is 4. The number of rotatable bonds is 3. The quantitative estimate of drug-likeness (QED) is 0.907. The van der Waals surface area contributed by atoms with Crippen molar-refractivity contribution in [1.82, 2.24) is 4.90 Å². The van der Waals surface area contributed by atoms with Crippen molar-refractivity contribution < 1.29 is 14.6 Å². The first-order valence-electron chi connectivity index (χ1n) is 7.42. The van der Waals surface area contributed by atoms with Crippen LogP contribution < -0.4 is 0 Å². The van der Waals surface area contributed by atoms with E-state index in [1.807, 2.05) is 6.07 Å². The molecule has 20 heavy (non-hydrogen) atoms. The molecular weight excluding hydrogens is 254 g/mol. The molecule has 2 heterocycles. The number of morpholine rings is 1. The minimum absolute atomic E-state index is 0.0782. The van der Waals surface area contributed by atoms with Crippen LogP contribution in [0.3, 0.4) is 0 Å². The second kappa shape index (κ2) is 6.22. The predicted molar refractivity (Wildman–Crippen MR) is 76.5 cm³/mol. The predicted octanol–water partition coefficient (Wildman–Crippen LogP) is 1.43. The van der Waals surface area contributed by atoms with E-state index in [0.717, 1.165) is 45.7 Å². The Bertz CT molecular complexity index is 417. The minimum Gasteiger partial charge on any atom is -0.394 e. The average molecular weight is 277 g/mol. The first-order chi connectivity index (χ1) is 9.80. The highest BCUT2D eigenvalue weighted by molar-refractivity contribution is 5.14. The zero-order chi connectivity index (χ0) is 13.8. The van der Waals surface area contributed by atoms with Crippen LogP contribution in [-0.2, 0) is 16.0 Å². The summed E-state index contributed by atoms with van der Waals surface area (Å²) >= 11 is 0. The summed E-state index contributed by atoms with van der Waals surface area (Å²) in [6.07, 6.45) is 1.77. The Kier molecular flexibility index (Phi) is 4.36. The fourth-order valence-electron chi connectivity index (χ4n) is 3.26. The summed E-state index contributed by atoms with van der Waals surface area (Å²) in [6, 6.07) is 10.5. The third-order valence-electron chi connectivity index (χ3n) is 4.25. The van der Waals surface area contributed by atoms with Crippen LogP contribution in [0.15, 0.2) is 30.3 Å². The Morgan fingerprint density at radius 1 is 1.20 bits per heavy atom. The largest absolute Gasteiger partial charge is 0.394 e. The molecule has 1 spiro atoms. The number of ether oxygens (including phenoxy) is 2. The van der Waals surface area contributed by atoms with Gasteiger partial charge in [0, 0.05) is 45.7 Å². The molecular formula is C16H23NO3. The van der Waals surface area contributed by atoms with Crippen molar-refractivity contribution >= 4 is 0 Å². The van der Waals surface area contributed by atoms with Gasteiger partial charge in [0.2, 0.25) is 0 Å². The van der Waals surface area contributed by atoms with Gasteiger partial charge in [-0.2, -0.15) is 0 Å². The minimum atomic E-state index is -0.126. The van der Waals surface area contributed by atoms with Gasteiger partial charge in [0.1, 0.15) is 0 Å². The summed E-state index contributed by atoms with van der Waals surface area (Å²) in [5.74, 6) is 0. The second-order valence-electron chi connectivity index (χ2n) is 5.87. The maximum atomic E-state index is 9.51. The molecule has 1 unspecified atom stereocenters. The molecule has 110 valence electrons. The number of nitrogens with zero attached hydrogens (tertiary/aromatic N) is 1. The van der Waals surface area contributed by atoms with Crippen molar-refractivity contribution in [1.29, 1.82) is 0 Å². The lowest BCUT2D eigenvalue weighted by Gasteiger charge is -2.47. The molecule has 1 aromatic carbocycles. The maximum absolute atomic E-state index is 9.51. The van der Waals surface area contributed by atoms with E-state index in [1.165, 1.54) is 5.56 Å². The molecule has 4 nitrogen and oxygen atoms in total. The molecule has 0 saturated carbocycles. The molecule has 0 radical (unpaired) electrons. The van der Waals surface area contributed by atoms with E-state index in [9.17, 15) is 5.11 Å². The lowest BCUT2D eigenvalue weighted by Crippen LogP contribution is -2.58. The van der Waals surface area contributed by atoms with Crippen LogP contribution in [-0.4, -0.2) is 54.6 Å². The Morgan fingerprint density at radius 2 is 1.95 bits per heavy atom. The van der Waals surface area contributed by atoms with E-state index >= 15 is 0 Å². The molecule has 3 rings (SSSR count). The molecule has 2 fully saturated rings. The second-order valence-corrected chi connectivity index (χ2v) is 5.87. The highest BCUT2D eigenvalue weighted by Gasteiger charge is 2.41. The lowest BCUT2D eigenvalue weighted by atomic mass is 9.91. The van der Waals surface area contributed by atoms with Crippen LogP contribution >= 0.6 is 0 Å². The molecule has 1 aromatic rings. The van der Waals surface area contributed by atoms with E-state index in [4.69, 9.17) is 9.47 Å². The molecule has 0 aromatic heterocycles. The summed E-state index contributed by atoms with van der Waals surface area (Å²) in [4.78, 5) is 2.41. The first-order valence-corrected chi connectivity index (χ1v) is 7.42. The van der Waals surface area contributed by atoms with E-state index in [-0.39, 0.29) is 18.3 Å². The summed E-state index contributed by atoms with van der Waals surface area (Å²) in [5, 5.41) is 9.51. The molecule has 2 aliphatic heterocycles. The maximum Gasteiger partial charge on any atom is 0.0940 e. The van der Waals surface area contributed by atoms with Gasteiger partial charge in [-0.15, -0.1) is 0 Å². The molecule has 4 heteroatoms. The summed E-state index contributed by atoms with van der Waals surface area (Å²) < 4.78 is 11.6. The van der Waals surface area contributed by atoms with Crippen LogP contribution in [0.4, 0.5) is 0 Å². The van der Waals surface area contributed by atoms with Gasteiger partial charge in [-0.3, -0.25) is 4.90 Å². The Morgan fingerprint density at radius 3 is 2.65 bits per heavy atom. The van der Waals surface area contributed by atoms with E-state index < -0.39 is 0 Å². The summed E-state index contributed by atoms with van der Waals surface area (Å²) in [6.45, 7) is 4.27. The van der Waals surface area contributed by atoms with Gasteiger partial charge in [-0.25, -0.2) is 0 Å². The topological polar surface area (TPSA) is 41.9 Å². The monoisotopic (exact) mass is 277 g/mol. The highest BCUT2D eigenvalue weighted by Crippen LogP contribution is 2.32. The number of aliphatic hydroxyl groups is 1. The van der Waals surface area contributed by atoms with E-state index in [1.54, 1.807) is 0 Å². The average Bonchev–Trinajstić information content (AvgIpc) is 2.48. The van der Waals surface area contributed by atoms with Gasteiger partial charge in [-0.05, 0) is 5.56 Å². The molecule has 0 amide bonds. The van der Waals surface area contributed by atoms with Crippen molar-refractivity contribution in [3.8, 4) is 0 Å². The summed E-state index contributed by atoms with van der Waals surface area (Å²) in [7, 11) is 0. The summed E-state index contributed by atoms with van der Waals surface area (Å²) in [5.41, 5.74) is 1.19. The SMILES string of the molecule is OCC1CN(Cc2ccccc2)CC2(CCOCC2)O1. The van der Waals surface area contributed by atoms with Crippen molar-refractivity contribution in [3.63, 3.8) is 0 Å². The van der Waals surface area contributed by atoms with Gasteiger partial charge >= 0.3 is 0 Å². The van der Waals surface area contributed by atoms with Gasteiger partial charge < -0.3 is 14.6 Å². The van der Waals surface area contributed by atoms with Gasteiger partial charge in [0.15, 0.2) is 0 Å². The molecule has 1 atom stereocenters. The van der Waals surface area contributed by atoms with Gasteiger partial charge in [0.05, 0.1) is 18.3 Å². The first kappa shape index (κ1) is 14.0. The van der Waals surface area contributed by atoms with Crippen LogP contribution in [0.25, 0.3) is 0 Å². The standard InChI is InChI=1S/C16H23NO3/c18-12-15-11-17(10-14-4-2-1-3-5-14)13-16(20-15)6-8-19-9-7-16/h1-5,15,18H,6-13H2. The van der Waals surface area contributed by atoms with Crippen molar-refractivity contribution in [2.75, 3.05) is 32.9 Å². The van der Waals surface area contributed by atoms with Crippen molar-refractivity contribution in [2.24, 2.45) is 0 Å². The van der Waals surface area contributed by atoms with Crippen LogP contribution in [0.1, 0.15) is 18.4 Å². The van der Waals surface area contributed by atoms with Gasteiger partial charge in [-0.1, -0.05) is 30.3 Å². The van der Waals surface area contributed by atoms with Crippen LogP contribution in [0.5, 0.6) is 0 Å². The Hall–Kier alpha value is -0.940. The third kappa shape index (κ3) is 3.20. The normalized spacial score (nSPS) is 26.8. The van der Waals surface area contributed by atoms with E-state index in [0.29, 0.717) is 0 Å². The number of benzene rings is 1. The fourth-order valence-corrected chi connectivity index (χ4v) is 3.26. The third-order valence-corrected chi connectivity index (χ3v) is 4.25. The van der Waals surface area contributed by atoms with Crippen LogP contribution in [0.2, 0.25) is 0 Å². The smallest absolute Gasteiger partial charge is 0.0940 e. The molecule has 2 saturated heterocycles. The molecule has 2 aliphatic rings.